The highest BCUT2D eigenvalue weighted by molar-refractivity contribution is 6.32. The topological polar surface area (TPSA) is 97.0 Å². The number of nitrogens with zero attached hydrogens (tertiary/aromatic N) is 1. The van der Waals surface area contributed by atoms with Crippen molar-refractivity contribution >= 4 is 29.4 Å². The molecule has 0 aromatic heterocycles. The zero-order valence-corrected chi connectivity index (χ0v) is 18.6. The Labute approximate surface area is 185 Å². The minimum atomic E-state index is -1.25. The number of amides is 4. The maximum atomic E-state index is 14.1. The zero-order chi connectivity index (χ0) is 22.8. The van der Waals surface area contributed by atoms with Gasteiger partial charge in [-0.3, -0.25) is 14.9 Å². The Bertz CT molecular complexity index is 875. The Morgan fingerprint density at radius 3 is 2.55 bits per heavy atom. The van der Waals surface area contributed by atoms with Gasteiger partial charge in [0.05, 0.1) is 13.7 Å². The van der Waals surface area contributed by atoms with Gasteiger partial charge in [-0.05, 0) is 42.9 Å². The average Bonchev–Trinajstić information content (AvgIpc) is 3.02. The minimum Gasteiger partial charge on any atom is -0.495 e. The molecule has 0 aliphatic carbocycles. The molecule has 2 aliphatic heterocycles. The molecule has 10 heteroatoms. The third-order valence-corrected chi connectivity index (χ3v) is 6.36. The summed E-state index contributed by atoms with van der Waals surface area (Å²) in [6.07, 6.45) is 1.48. The highest BCUT2D eigenvalue weighted by atomic mass is 35.5. The van der Waals surface area contributed by atoms with E-state index in [9.17, 15) is 18.8 Å². The van der Waals surface area contributed by atoms with Crippen molar-refractivity contribution in [2.45, 2.75) is 37.6 Å². The molecule has 3 rings (SSSR count). The SMILES string of the molecule is COC[C@]1(C[C@H](C)C(=O)N2CCC(c3cc(F)c(Cl)c(OC)c3)CC2)NC(=O)NC1=O. The van der Waals surface area contributed by atoms with E-state index < -0.39 is 29.2 Å². The number of piperidine rings is 1. The van der Waals surface area contributed by atoms with Gasteiger partial charge in [-0.1, -0.05) is 18.5 Å². The quantitative estimate of drug-likeness (QED) is 0.615. The van der Waals surface area contributed by atoms with E-state index >= 15 is 0 Å². The van der Waals surface area contributed by atoms with Crippen LogP contribution >= 0.6 is 11.6 Å². The van der Waals surface area contributed by atoms with Crippen molar-refractivity contribution in [2.75, 3.05) is 33.9 Å². The van der Waals surface area contributed by atoms with Crippen LogP contribution in [0.15, 0.2) is 12.1 Å². The lowest BCUT2D eigenvalue weighted by Crippen LogP contribution is -2.53. The molecule has 1 aromatic carbocycles. The van der Waals surface area contributed by atoms with Gasteiger partial charge in [0.25, 0.3) is 5.91 Å². The summed E-state index contributed by atoms with van der Waals surface area (Å²) < 4.78 is 24.4. The van der Waals surface area contributed by atoms with Gasteiger partial charge in [-0.15, -0.1) is 0 Å². The Hall–Kier alpha value is -2.39. The molecule has 0 unspecified atom stereocenters. The van der Waals surface area contributed by atoms with Crippen molar-refractivity contribution in [3.63, 3.8) is 0 Å². The maximum Gasteiger partial charge on any atom is 0.322 e. The largest absolute Gasteiger partial charge is 0.495 e. The molecular weight excluding hydrogens is 429 g/mol. The fourth-order valence-corrected chi connectivity index (χ4v) is 4.59. The molecule has 0 spiro atoms. The zero-order valence-electron chi connectivity index (χ0n) is 17.8. The lowest BCUT2D eigenvalue weighted by Gasteiger charge is -2.35. The Morgan fingerprint density at radius 1 is 1.32 bits per heavy atom. The second kappa shape index (κ2) is 9.40. The van der Waals surface area contributed by atoms with E-state index in [1.165, 1.54) is 20.3 Å². The number of carbonyl (C=O) groups is 3. The molecule has 1 aromatic rings. The first kappa shape index (κ1) is 23.3. The van der Waals surface area contributed by atoms with Crippen molar-refractivity contribution in [3.8, 4) is 5.75 Å². The number of likely N-dealkylation sites (tertiary alicyclic amines) is 1. The third kappa shape index (κ3) is 4.77. The van der Waals surface area contributed by atoms with Gasteiger partial charge in [0.2, 0.25) is 5.91 Å². The van der Waals surface area contributed by atoms with Crippen molar-refractivity contribution in [3.05, 3.63) is 28.5 Å². The van der Waals surface area contributed by atoms with Crippen LogP contribution in [0.1, 0.15) is 37.7 Å². The van der Waals surface area contributed by atoms with Crippen molar-refractivity contribution < 1.29 is 28.2 Å². The summed E-state index contributed by atoms with van der Waals surface area (Å²) in [6, 6.07) is 2.57. The molecule has 2 fully saturated rings. The van der Waals surface area contributed by atoms with Gasteiger partial charge in [0.15, 0.2) is 0 Å². The molecule has 2 saturated heterocycles. The lowest BCUT2D eigenvalue weighted by molar-refractivity contribution is -0.138. The Kier molecular flexibility index (Phi) is 7.06. The van der Waals surface area contributed by atoms with Crippen LogP contribution in [-0.4, -0.2) is 62.2 Å². The van der Waals surface area contributed by atoms with Gasteiger partial charge in [-0.2, -0.15) is 0 Å². The van der Waals surface area contributed by atoms with Gasteiger partial charge in [0.1, 0.15) is 22.1 Å². The number of rotatable bonds is 7. The second-order valence-corrected chi connectivity index (χ2v) is 8.53. The van der Waals surface area contributed by atoms with Crippen LogP contribution in [0.3, 0.4) is 0 Å². The van der Waals surface area contributed by atoms with Crippen LogP contribution in [0.4, 0.5) is 9.18 Å². The highest BCUT2D eigenvalue weighted by Crippen LogP contribution is 2.36. The molecule has 31 heavy (non-hydrogen) atoms. The molecule has 4 amide bonds. The predicted octanol–water partition coefficient (Wildman–Crippen LogP) is 2.44. The van der Waals surface area contributed by atoms with Gasteiger partial charge in [-0.25, -0.2) is 9.18 Å². The number of carbonyl (C=O) groups excluding carboxylic acids is 3. The summed E-state index contributed by atoms with van der Waals surface area (Å²) in [7, 11) is 2.88. The number of halogens is 2. The maximum absolute atomic E-state index is 14.1. The molecule has 0 saturated carbocycles. The number of nitrogens with one attached hydrogen (secondary N) is 2. The van der Waals surface area contributed by atoms with Gasteiger partial charge in [0, 0.05) is 26.1 Å². The third-order valence-electron chi connectivity index (χ3n) is 6.00. The van der Waals surface area contributed by atoms with Crippen molar-refractivity contribution in [1.29, 1.82) is 0 Å². The fourth-order valence-electron chi connectivity index (χ4n) is 4.40. The number of urea groups is 1. The number of methoxy groups -OCH3 is 2. The summed E-state index contributed by atoms with van der Waals surface area (Å²) in [4.78, 5) is 38.7. The van der Waals surface area contributed by atoms with Gasteiger partial charge >= 0.3 is 6.03 Å². The molecule has 2 atom stereocenters. The lowest BCUT2D eigenvalue weighted by atomic mass is 9.86. The molecular formula is C21H27ClFN3O5. The molecule has 2 aliphatic rings. The van der Waals surface area contributed by atoms with Crippen LogP contribution in [-0.2, 0) is 14.3 Å². The summed E-state index contributed by atoms with van der Waals surface area (Å²) >= 11 is 5.91. The highest BCUT2D eigenvalue weighted by Gasteiger charge is 2.48. The second-order valence-electron chi connectivity index (χ2n) is 8.15. The van der Waals surface area contributed by atoms with E-state index in [0.717, 1.165) is 5.56 Å². The van der Waals surface area contributed by atoms with Crippen LogP contribution in [0, 0.1) is 11.7 Å². The normalized spacial score (nSPS) is 22.8. The number of benzene rings is 1. The Morgan fingerprint density at radius 2 is 2.00 bits per heavy atom. The summed E-state index contributed by atoms with van der Waals surface area (Å²) in [6.45, 7) is 2.74. The molecule has 0 bridgehead atoms. The molecule has 2 N–H and O–H groups in total. The standard InChI is InChI=1S/C21H27ClFN3O5/c1-12(10-21(11-30-2)19(28)24-20(29)25-21)18(27)26-6-4-13(5-7-26)14-8-15(23)17(22)16(9-14)31-3/h8-9,12-13H,4-7,10-11H2,1-3H3,(H2,24,25,28,29)/t12-,21-/m0/s1. The number of hydrogen-bond acceptors (Lipinski definition) is 5. The summed E-state index contributed by atoms with van der Waals surface area (Å²) in [5, 5.41) is 4.78. The van der Waals surface area contributed by atoms with Crippen LogP contribution in [0.25, 0.3) is 0 Å². The Balaban J connectivity index is 1.63. The molecule has 2 heterocycles. The van der Waals surface area contributed by atoms with E-state index in [-0.39, 0.29) is 29.9 Å². The number of ether oxygens (including phenoxy) is 2. The van der Waals surface area contributed by atoms with Crippen LogP contribution < -0.4 is 15.4 Å². The van der Waals surface area contributed by atoms with Crippen molar-refractivity contribution in [2.24, 2.45) is 5.92 Å². The van der Waals surface area contributed by atoms with E-state index in [1.54, 1.807) is 17.9 Å². The molecule has 8 nitrogen and oxygen atoms in total. The summed E-state index contributed by atoms with van der Waals surface area (Å²) in [5.74, 6) is -1.23. The number of imide groups is 1. The molecule has 0 radical (unpaired) electrons. The van der Waals surface area contributed by atoms with E-state index in [1.807, 2.05) is 0 Å². The summed E-state index contributed by atoms with van der Waals surface area (Å²) in [5.41, 5.74) is -0.459. The van der Waals surface area contributed by atoms with E-state index in [2.05, 4.69) is 10.6 Å². The van der Waals surface area contributed by atoms with Crippen molar-refractivity contribution in [1.82, 2.24) is 15.5 Å². The van der Waals surface area contributed by atoms with Crippen LogP contribution in [0.2, 0.25) is 5.02 Å². The smallest absolute Gasteiger partial charge is 0.322 e. The first-order chi connectivity index (χ1) is 14.7. The van der Waals surface area contributed by atoms with E-state index in [0.29, 0.717) is 31.7 Å². The average molecular weight is 456 g/mol. The van der Waals surface area contributed by atoms with E-state index in [4.69, 9.17) is 21.1 Å². The predicted molar refractivity (Wildman–Crippen MR) is 112 cm³/mol. The minimum absolute atomic E-state index is 0.0196. The number of hydrogen-bond donors (Lipinski definition) is 2. The van der Waals surface area contributed by atoms with Gasteiger partial charge < -0.3 is 19.7 Å². The monoisotopic (exact) mass is 455 g/mol. The first-order valence-corrected chi connectivity index (χ1v) is 10.5. The van der Waals surface area contributed by atoms with Crippen LogP contribution in [0.5, 0.6) is 5.75 Å². The molecule has 170 valence electrons. The fraction of sp³-hybridized carbons (Fsp3) is 0.571. The first-order valence-electron chi connectivity index (χ1n) is 10.1.